The Morgan fingerprint density at radius 1 is 0.931 bits per heavy atom. The maximum Gasteiger partial charge on any atom is 0.257 e. The van der Waals surface area contributed by atoms with Crippen LogP contribution in [-0.2, 0) is 22.6 Å². The molecule has 2 rings (SSSR count). The molecule has 0 saturated carbocycles. The highest BCUT2D eigenvalue weighted by molar-refractivity contribution is 5.77. The van der Waals surface area contributed by atoms with Crippen LogP contribution in [0.3, 0.4) is 0 Å². The molecule has 6 heteroatoms. The number of methoxy groups -OCH3 is 1. The lowest BCUT2D eigenvalue weighted by molar-refractivity contribution is -0.123. The van der Waals surface area contributed by atoms with Crippen molar-refractivity contribution in [1.29, 1.82) is 0 Å². The predicted molar refractivity (Wildman–Crippen MR) is 113 cm³/mol. The molecular weight excluding hydrogens is 368 g/mol. The van der Waals surface area contributed by atoms with Gasteiger partial charge in [0, 0.05) is 19.5 Å². The zero-order chi connectivity index (χ0) is 21.1. The van der Waals surface area contributed by atoms with E-state index in [9.17, 15) is 9.59 Å². The van der Waals surface area contributed by atoms with Gasteiger partial charge >= 0.3 is 0 Å². The van der Waals surface area contributed by atoms with Crippen LogP contribution in [0.1, 0.15) is 36.5 Å². The van der Waals surface area contributed by atoms with Gasteiger partial charge in [0.05, 0.1) is 7.11 Å². The van der Waals surface area contributed by atoms with Crippen molar-refractivity contribution >= 4 is 11.8 Å². The minimum absolute atomic E-state index is 0.0210. The summed E-state index contributed by atoms with van der Waals surface area (Å²) < 4.78 is 10.8. The van der Waals surface area contributed by atoms with E-state index in [0.717, 1.165) is 18.4 Å². The molecule has 0 fully saturated rings. The Hall–Kier alpha value is -3.02. The van der Waals surface area contributed by atoms with E-state index in [4.69, 9.17) is 9.47 Å². The number of aryl methyl sites for hydroxylation is 2. The first kappa shape index (κ1) is 22.3. The van der Waals surface area contributed by atoms with E-state index in [1.807, 2.05) is 13.0 Å². The van der Waals surface area contributed by atoms with E-state index in [1.54, 1.807) is 19.2 Å². The molecule has 0 aliphatic rings. The van der Waals surface area contributed by atoms with Gasteiger partial charge in [0.25, 0.3) is 5.91 Å². The molecule has 2 amide bonds. The minimum Gasteiger partial charge on any atom is -0.493 e. The number of carbonyl (C=O) groups excluding carboxylic acids is 2. The van der Waals surface area contributed by atoms with Gasteiger partial charge in [-0.3, -0.25) is 9.59 Å². The van der Waals surface area contributed by atoms with Gasteiger partial charge in [0.1, 0.15) is 0 Å². The zero-order valence-electron chi connectivity index (χ0n) is 17.4. The average molecular weight is 399 g/mol. The molecular formula is C23H30N2O4. The van der Waals surface area contributed by atoms with Gasteiger partial charge in [-0.2, -0.15) is 0 Å². The second kappa shape index (κ2) is 11.7. The van der Waals surface area contributed by atoms with Crippen LogP contribution in [0.4, 0.5) is 0 Å². The van der Waals surface area contributed by atoms with Crippen molar-refractivity contribution in [3.05, 3.63) is 59.2 Å². The van der Waals surface area contributed by atoms with Crippen LogP contribution < -0.4 is 20.1 Å². The molecule has 0 aromatic heterocycles. The molecule has 29 heavy (non-hydrogen) atoms. The smallest absolute Gasteiger partial charge is 0.257 e. The quantitative estimate of drug-likeness (QED) is 0.610. The highest BCUT2D eigenvalue weighted by Gasteiger charge is 2.09. The average Bonchev–Trinajstić information content (AvgIpc) is 2.72. The van der Waals surface area contributed by atoms with E-state index in [1.165, 1.54) is 11.1 Å². The fraction of sp³-hybridized carbons (Fsp3) is 0.391. The van der Waals surface area contributed by atoms with E-state index < -0.39 is 0 Å². The molecule has 0 unspecified atom stereocenters. The minimum atomic E-state index is -0.184. The third-order valence-corrected chi connectivity index (χ3v) is 4.44. The number of hydrogen-bond donors (Lipinski definition) is 2. The Morgan fingerprint density at radius 2 is 1.66 bits per heavy atom. The lowest BCUT2D eigenvalue weighted by Crippen LogP contribution is -2.28. The van der Waals surface area contributed by atoms with Gasteiger partial charge in [0.2, 0.25) is 5.91 Å². The maximum absolute atomic E-state index is 12.1. The Bertz CT molecular complexity index is 803. The SMILES string of the molecule is CCNC(=O)COc1ccc(CNC(=O)CCCc2ccc(C)cc2)cc1OC. The second-order valence-electron chi connectivity index (χ2n) is 6.84. The molecule has 0 aliphatic carbocycles. The van der Waals surface area contributed by atoms with Crippen molar-refractivity contribution in [3.8, 4) is 11.5 Å². The summed E-state index contributed by atoms with van der Waals surface area (Å²) in [7, 11) is 1.54. The van der Waals surface area contributed by atoms with Crippen LogP contribution in [0.15, 0.2) is 42.5 Å². The first-order valence-electron chi connectivity index (χ1n) is 9.90. The number of likely N-dealkylation sites (N-methyl/N-ethyl adjacent to an activating group) is 1. The van der Waals surface area contributed by atoms with E-state index in [0.29, 0.717) is 31.0 Å². The predicted octanol–water partition coefficient (Wildman–Crippen LogP) is 3.16. The summed E-state index contributed by atoms with van der Waals surface area (Å²) in [5, 5.41) is 5.61. The summed E-state index contributed by atoms with van der Waals surface area (Å²) in [6, 6.07) is 13.8. The molecule has 2 aromatic carbocycles. The molecule has 156 valence electrons. The summed E-state index contributed by atoms with van der Waals surface area (Å²) in [6.07, 6.45) is 2.18. The van der Waals surface area contributed by atoms with Crippen molar-refractivity contribution in [1.82, 2.24) is 10.6 Å². The largest absolute Gasteiger partial charge is 0.493 e. The highest BCUT2D eigenvalue weighted by atomic mass is 16.5. The summed E-state index contributed by atoms with van der Waals surface area (Å²) in [4.78, 5) is 23.6. The molecule has 0 atom stereocenters. The first-order chi connectivity index (χ1) is 14.0. The van der Waals surface area contributed by atoms with Crippen LogP contribution >= 0.6 is 0 Å². The van der Waals surface area contributed by atoms with Crippen molar-refractivity contribution in [2.45, 2.75) is 39.7 Å². The van der Waals surface area contributed by atoms with Gasteiger partial charge in [-0.1, -0.05) is 35.9 Å². The van der Waals surface area contributed by atoms with Crippen molar-refractivity contribution < 1.29 is 19.1 Å². The van der Waals surface area contributed by atoms with E-state index >= 15 is 0 Å². The van der Waals surface area contributed by atoms with Gasteiger partial charge in [0.15, 0.2) is 18.1 Å². The lowest BCUT2D eigenvalue weighted by Gasteiger charge is -2.12. The number of nitrogens with one attached hydrogen (secondary N) is 2. The van der Waals surface area contributed by atoms with Crippen molar-refractivity contribution in [2.75, 3.05) is 20.3 Å². The molecule has 0 radical (unpaired) electrons. The topological polar surface area (TPSA) is 76.7 Å². The molecule has 2 aromatic rings. The van der Waals surface area contributed by atoms with Crippen LogP contribution in [-0.4, -0.2) is 32.1 Å². The summed E-state index contributed by atoms with van der Waals surface area (Å²) in [5.41, 5.74) is 3.39. The number of benzene rings is 2. The van der Waals surface area contributed by atoms with Crippen LogP contribution in [0.2, 0.25) is 0 Å². The van der Waals surface area contributed by atoms with Gasteiger partial charge in [-0.15, -0.1) is 0 Å². The summed E-state index contributed by atoms with van der Waals surface area (Å²) in [5.74, 6) is 0.858. The Morgan fingerprint density at radius 3 is 2.34 bits per heavy atom. The lowest BCUT2D eigenvalue weighted by atomic mass is 10.1. The number of hydrogen-bond acceptors (Lipinski definition) is 4. The highest BCUT2D eigenvalue weighted by Crippen LogP contribution is 2.28. The number of rotatable bonds is 11. The zero-order valence-corrected chi connectivity index (χ0v) is 17.4. The van der Waals surface area contributed by atoms with E-state index in [-0.39, 0.29) is 18.4 Å². The normalized spacial score (nSPS) is 10.3. The third-order valence-electron chi connectivity index (χ3n) is 4.44. The number of ether oxygens (including phenoxy) is 2. The van der Waals surface area contributed by atoms with Gasteiger partial charge < -0.3 is 20.1 Å². The van der Waals surface area contributed by atoms with E-state index in [2.05, 4.69) is 41.8 Å². The standard InChI is InChI=1S/C23H30N2O4/c1-4-24-23(27)16-29-20-13-12-19(14-21(20)28-3)15-25-22(26)7-5-6-18-10-8-17(2)9-11-18/h8-14H,4-7,15-16H2,1-3H3,(H,24,27)(H,25,26). The Balaban J connectivity index is 1.77. The Labute approximate surface area is 172 Å². The fourth-order valence-corrected chi connectivity index (χ4v) is 2.83. The van der Waals surface area contributed by atoms with Gasteiger partial charge in [-0.05, 0) is 49.9 Å². The number of carbonyl (C=O) groups is 2. The molecule has 0 bridgehead atoms. The van der Waals surface area contributed by atoms with Crippen LogP contribution in [0.5, 0.6) is 11.5 Å². The Kier molecular flexibility index (Phi) is 9.02. The molecule has 6 nitrogen and oxygen atoms in total. The third kappa shape index (κ3) is 7.86. The molecule has 0 heterocycles. The molecule has 0 spiro atoms. The fourth-order valence-electron chi connectivity index (χ4n) is 2.83. The first-order valence-corrected chi connectivity index (χ1v) is 9.90. The summed E-state index contributed by atoms with van der Waals surface area (Å²) in [6.45, 7) is 4.82. The second-order valence-corrected chi connectivity index (χ2v) is 6.84. The summed E-state index contributed by atoms with van der Waals surface area (Å²) >= 11 is 0. The number of amides is 2. The van der Waals surface area contributed by atoms with Crippen molar-refractivity contribution in [2.24, 2.45) is 0 Å². The molecule has 0 saturated heterocycles. The van der Waals surface area contributed by atoms with Crippen LogP contribution in [0.25, 0.3) is 0 Å². The molecule has 0 aliphatic heterocycles. The molecule has 2 N–H and O–H groups in total. The maximum atomic E-state index is 12.1. The van der Waals surface area contributed by atoms with Crippen LogP contribution in [0, 0.1) is 6.92 Å². The van der Waals surface area contributed by atoms with Gasteiger partial charge in [-0.25, -0.2) is 0 Å². The van der Waals surface area contributed by atoms with Crippen molar-refractivity contribution in [3.63, 3.8) is 0 Å². The monoisotopic (exact) mass is 398 g/mol.